The molecule has 0 bridgehead atoms. The van der Waals surface area contributed by atoms with Crippen LogP contribution in [0.1, 0.15) is 25.0 Å². The fourth-order valence-corrected chi connectivity index (χ4v) is 1.67. The molecule has 2 aromatic carbocycles. The van der Waals surface area contributed by atoms with Crippen molar-refractivity contribution in [2.75, 3.05) is 24.4 Å². The van der Waals surface area contributed by atoms with Crippen LogP contribution in [0.5, 0.6) is 0 Å². The van der Waals surface area contributed by atoms with E-state index in [4.69, 9.17) is 0 Å². The number of hydrogen-bond donors (Lipinski definition) is 1. The lowest BCUT2D eigenvalue weighted by atomic mass is 10.2. The van der Waals surface area contributed by atoms with Crippen molar-refractivity contribution in [3.05, 3.63) is 59.7 Å². The van der Waals surface area contributed by atoms with E-state index in [1.54, 1.807) is 0 Å². The van der Waals surface area contributed by atoms with Gasteiger partial charge in [0.2, 0.25) is 0 Å². The number of nitrogens with one attached hydrogen (secondary N) is 1. The summed E-state index contributed by atoms with van der Waals surface area (Å²) < 4.78 is 0. The minimum Gasteiger partial charge on any atom is -0.378 e. The molecule has 0 radical (unpaired) electrons. The maximum Gasteiger partial charge on any atom is 0.0561 e. The molecule has 0 amide bonds. The summed E-state index contributed by atoms with van der Waals surface area (Å²) in [5.41, 5.74) is 7.51. The summed E-state index contributed by atoms with van der Waals surface area (Å²) in [6.07, 6.45) is 1.82. The Morgan fingerprint density at radius 1 is 0.905 bits per heavy atom. The largest absolute Gasteiger partial charge is 0.378 e. The average Bonchev–Trinajstić information content (AvgIpc) is 2.52. The highest BCUT2D eigenvalue weighted by atomic mass is 15.3. The Morgan fingerprint density at radius 3 is 2.00 bits per heavy atom. The Bertz CT molecular complexity index is 540. The third-order valence-electron chi connectivity index (χ3n) is 2.87. The van der Waals surface area contributed by atoms with Gasteiger partial charge >= 0.3 is 0 Å². The molecule has 0 saturated carbocycles. The molecule has 3 heteroatoms. The predicted molar refractivity (Wildman–Crippen MR) is 94.5 cm³/mol. The number of hydrogen-bond acceptors (Lipinski definition) is 3. The molecule has 2 rings (SSSR count). The summed E-state index contributed by atoms with van der Waals surface area (Å²) in [7, 11) is 4.06. The lowest BCUT2D eigenvalue weighted by molar-refractivity contribution is 1.13. The molecule has 0 aliphatic heterocycles. The van der Waals surface area contributed by atoms with Crippen LogP contribution in [-0.4, -0.2) is 20.3 Å². The third-order valence-corrected chi connectivity index (χ3v) is 2.87. The quantitative estimate of drug-likeness (QED) is 0.659. The first-order valence-corrected chi connectivity index (χ1v) is 7.28. The lowest BCUT2D eigenvalue weighted by Crippen LogP contribution is -2.08. The first-order chi connectivity index (χ1) is 10.1. The Balaban J connectivity index is 0.00000106. The molecule has 0 aliphatic carbocycles. The molecule has 0 aromatic heterocycles. The summed E-state index contributed by atoms with van der Waals surface area (Å²) in [6.45, 7) is 6.07. The second-order valence-corrected chi connectivity index (χ2v) is 4.72. The molecular weight excluding hydrogens is 258 g/mol. The van der Waals surface area contributed by atoms with Gasteiger partial charge in [0.25, 0.3) is 0 Å². The van der Waals surface area contributed by atoms with Gasteiger partial charge < -0.3 is 4.90 Å². The Hall–Kier alpha value is -2.29. The monoisotopic (exact) mass is 283 g/mol. The van der Waals surface area contributed by atoms with Gasteiger partial charge in [-0.15, -0.1) is 0 Å². The summed E-state index contributed by atoms with van der Waals surface area (Å²) in [5, 5.41) is 4.23. The highest BCUT2D eigenvalue weighted by Gasteiger charge is 1.94. The van der Waals surface area contributed by atoms with Crippen LogP contribution in [0.2, 0.25) is 0 Å². The SMILES string of the molecule is CC.Cc1ccc(N/N=C/c2ccc(N(C)C)cc2)cc1. The van der Waals surface area contributed by atoms with Crippen molar-refractivity contribution >= 4 is 17.6 Å². The van der Waals surface area contributed by atoms with Gasteiger partial charge in [-0.1, -0.05) is 43.7 Å². The first kappa shape index (κ1) is 16.8. The van der Waals surface area contributed by atoms with Gasteiger partial charge in [0, 0.05) is 19.8 Å². The molecule has 0 aliphatic rings. The van der Waals surface area contributed by atoms with Crippen LogP contribution in [0.15, 0.2) is 53.6 Å². The zero-order valence-electron chi connectivity index (χ0n) is 13.6. The van der Waals surface area contributed by atoms with Crippen molar-refractivity contribution in [2.24, 2.45) is 5.10 Å². The van der Waals surface area contributed by atoms with E-state index < -0.39 is 0 Å². The van der Waals surface area contributed by atoms with Gasteiger partial charge in [-0.05, 0) is 36.8 Å². The average molecular weight is 283 g/mol. The maximum atomic E-state index is 4.23. The Kier molecular flexibility index (Phi) is 7.02. The summed E-state index contributed by atoms with van der Waals surface area (Å²) in [4.78, 5) is 2.07. The van der Waals surface area contributed by atoms with E-state index in [0.717, 1.165) is 11.3 Å². The van der Waals surface area contributed by atoms with Crippen LogP contribution in [0.25, 0.3) is 0 Å². The van der Waals surface area contributed by atoms with Crippen LogP contribution in [-0.2, 0) is 0 Å². The molecule has 2 aromatic rings. The number of nitrogens with zero attached hydrogens (tertiary/aromatic N) is 2. The second-order valence-electron chi connectivity index (χ2n) is 4.72. The van der Waals surface area contributed by atoms with E-state index in [0.29, 0.717) is 0 Å². The second kappa shape index (κ2) is 8.80. The number of hydrazone groups is 1. The van der Waals surface area contributed by atoms with E-state index >= 15 is 0 Å². The highest BCUT2D eigenvalue weighted by Crippen LogP contribution is 2.11. The molecule has 0 spiro atoms. The number of anilines is 2. The van der Waals surface area contributed by atoms with Crippen molar-refractivity contribution in [1.29, 1.82) is 0 Å². The van der Waals surface area contributed by atoms with Crippen molar-refractivity contribution in [2.45, 2.75) is 20.8 Å². The van der Waals surface area contributed by atoms with E-state index in [-0.39, 0.29) is 0 Å². The van der Waals surface area contributed by atoms with Gasteiger partial charge in [0.15, 0.2) is 0 Å². The van der Waals surface area contributed by atoms with Crippen LogP contribution in [0.3, 0.4) is 0 Å². The van der Waals surface area contributed by atoms with Crippen LogP contribution < -0.4 is 10.3 Å². The standard InChI is InChI=1S/C16H19N3.C2H6/c1-13-4-8-15(9-5-13)18-17-12-14-6-10-16(11-7-14)19(2)3;1-2/h4-12,18H,1-3H3;1-2H3/b17-12+;. The van der Waals surface area contributed by atoms with Crippen molar-refractivity contribution < 1.29 is 0 Å². The summed E-state index contributed by atoms with van der Waals surface area (Å²) >= 11 is 0. The van der Waals surface area contributed by atoms with Gasteiger partial charge in [0.05, 0.1) is 11.9 Å². The zero-order chi connectivity index (χ0) is 15.7. The number of benzene rings is 2. The van der Waals surface area contributed by atoms with E-state index in [1.165, 1.54) is 11.3 Å². The van der Waals surface area contributed by atoms with Crippen LogP contribution >= 0.6 is 0 Å². The molecule has 0 saturated heterocycles. The normalized spacial score (nSPS) is 9.95. The highest BCUT2D eigenvalue weighted by molar-refractivity contribution is 5.80. The molecule has 0 fully saturated rings. The zero-order valence-corrected chi connectivity index (χ0v) is 13.6. The molecule has 112 valence electrons. The lowest BCUT2D eigenvalue weighted by Gasteiger charge is -2.11. The smallest absolute Gasteiger partial charge is 0.0561 e. The molecule has 0 heterocycles. The van der Waals surface area contributed by atoms with Crippen LogP contribution in [0, 0.1) is 6.92 Å². The third kappa shape index (κ3) is 5.69. The van der Waals surface area contributed by atoms with Gasteiger partial charge in [-0.2, -0.15) is 5.10 Å². The Morgan fingerprint density at radius 2 is 1.48 bits per heavy atom. The molecule has 0 unspecified atom stereocenters. The molecular formula is C18H25N3. The molecule has 0 atom stereocenters. The number of aryl methyl sites for hydroxylation is 1. The predicted octanol–water partition coefficient (Wildman–Crippen LogP) is 4.53. The van der Waals surface area contributed by atoms with Gasteiger partial charge in [-0.3, -0.25) is 5.43 Å². The van der Waals surface area contributed by atoms with E-state index in [1.807, 2.05) is 46.3 Å². The maximum absolute atomic E-state index is 4.23. The fraction of sp³-hybridized carbons (Fsp3) is 0.278. The molecule has 1 N–H and O–H groups in total. The van der Waals surface area contributed by atoms with Crippen molar-refractivity contribution in [3.63, 3.8) is 0 Å². The topological polar surface area (TPSA) is 27.6 Å². The fourth-order valence-electron chi connectivity index (χ4n) is 1.67. The van der Waals surface area contributed by atoms with Gasteiger partial charge in [0.1, 0.15) is 0 Å². The number of rotatable bonds is 4. The van der Waals surface area contributed by atoms with E-state index in [2.05, 4.69) is 58.7 Å². The minimum atomic E-state index is 0.992. The first-order valence-electron chi connectivity index (χ1n) is 7.28. The van der Waals surface area contributed by atoms with E-state index in [9.17, 15) is 0 Å². The van der Waals surface area contributed by atoms with Crippen molar-refractivity contribution in [1.82, 2.24) is 0 Å². The van der Waals surface area contributed by atoms with Gasteiger partial charge in [-0.25, -0.2) is 0 Å². The molecule has 3 nitrogen and oxygen atoms in total. The van der Waals surface area contributed by atoms with Crippen molar-refractivity contribution in [3.8, 4) is 0 Å². The Labute approximate surface area is 128 Å². The van der Waals surface area contributed by atoms with Crippen LogP contribution in [0.4, 0.5) is 11.4 Å². The summed E-state index contributed by atoms with van der Waals surface area (Å²) in [6, 6.07) is 16.4. The summed E-state index contributed by atoms with van der Waals surface area (Å²) in [5.74, 6) is 0. The molecule has 21 heavy (non-hydrogen) atoms. The minimum absolute atomic E-state index is 0.992.